The van der Waals surface area contributed by atoms with Gasteiger partial charge in [-0.05, 0) is 204 Å². The largest absolute Gasteiger partial charge is 0.467 e. The van der Waals surface area contributed by atoms with Crippen LogP contribution in [0.15, 0.2) is 260 Å². The summed E-state index contributed by atoms with van der Waals surface area (Å²) >= 11 is 1.68. The molecular weight excluding hydrogens is 1910 g/mol. The van der Waals surface area contributed by atoms with E-state index in [2.05, 4.69) is 123 Å². The smallest absolute Gasteiger partial charge is 0.270 e. The van der Waals surface area contributed by atoms with Crippen LogP contribution < -0.4 is 31.9 Å². The van der Waals surface area contributed by atoms with Crippen LogP contribution in [0.5, 0.6) is 0 Å². The molecule has 25 rings (SSSR count). The summed E-state index contributed by atoms with van der Waals surface area (Å²) in [6.45, 7) is 1.41. The molecule has 6 amide bonds. The highest BCUT2D eigenvalue weighted by molar-refractivity contribution is 7.98. The minimum atomic E-state index is -0.360. The van der Waals surface area contributed by atoms with Crippen molar-refractivity contribution in [3.63, 3.8) is 0 Å². The minimum absolute atomic E-state index is 0.0165. The first-order chi connectivity index (χ1) is 72.3. The van der Waals surface area contributed by atoms with Crippen molar-refractivity contribution in [1.29, 1.82) is 0 Å². The number of nitrogens with one attached hydrogen (secondary N) is 12. The number of rotatable bonds is 24. The van der Waals surface area contributed by atoms with Crippen LogP contribution in [0.2, 0.25) is 0 Å². The van der Waals surface area contributed by atoms with Crippen molar-refractivity contribution in [3.8, 4) is 67.5 Å². The van der Waals surface area contributed by atoms with E-state index < -0.39 is 0 Å². The number of hydrogen-bond donors (Lipinski definition) is 14. The molecule has 14 heterocycles. The van der Waals surface area contributed by atoms with Gasteiger partial charge in [0.25, 0.3) is 35.4 Å². The number of aromatic nitrogens is 18. The number of halogens is 3. The lowest BCUT2D eigenvalue weighted by Crippen LogP contribution is -2.47. The summed E-state index contributed by atoms with van der Waals surface area (Å²) in [5, 5.41) is 82.1. The summed E-state index contributed by atoms with van der Waals surface area (Å²) in [5.74, 6) is 0.767. The van der Waals surface area contributed by atoms with E-state index in [0.717, 1.165) is 132 Å². The maximum atomic E-state index is 13.5. The van der Waals surface area contributed by atoms with Crippen LogP contribution in [0.1, 0.15) is 158 Å². The third-order valence-electron chi connectivity index (χ3n) is 26.5. The minimum Gasteiger partial charge on any atom is -0.467 e. The van der Waals surface area contributed by atoms with Gasteiger partial charge < -0.3 is 51.3 Å². The summed E-state index contributed by atoms with van der Waals surface area (Å²) in [4.78, 5) is 101. The number of furan rings is 1. The summed E-state index contributed by atoms with van der Waals surface area (Å²) in [6.07, 6.45) is 22.2. The lowest BCUT2D eigenvalue weighted by Gasteiger charge is -2.42. The van der Waals surface area contributed by atoms with Crippen LogP contribution in [0.25, 0.3) is 134 Å². The van der Waals surface area contributed by atoms with Crippen molar-refractivity contribution < 1.29 is 61.3 Å². The van der Waals surface area contributed by atoms with Gasteiger partial charge in [-0.15, -0.1) is 0 Å². The number of H-pyrrole nitrogens is 6. The SMILES string of the molecule is CSCCC(CO)NC(=O)c1cnc2n[nH]c(-c3ccccc3)c2c1.O=C(NC1CC1)c1ccc2[nH]nc(-c3cccc(F)c3)c2n1.O=C(NC1CC2CCC1CC2)c1cnc2n[nH]c(-c3ccccc3)c2c1.O=C(NC1CCC(O)CC1)c1cnc2n[nH]c(-c3ccccc3)c2c1.O=C(NCC1CCCO1)c1ccc2[nH]nc(-c3cccc(F)c3)c2n1.O=C(NCc1ccco1)c1ccc2[nH]nc(-c3cccc(F)c3)c2n1. The van der Waals surface area contributed by atoms with Crippen molar-refractivity contribution in [2.75, 3.05) is 31.8 Å². The quantitative estimate of drug-likeness (QED) is 0.0267. The third-order valence-corrected chi connectivity index (χ3v) is 27.1. The number of aromatic amines is 6. The third kappa shape index (κ3) is 24.5. The topological polar surface area (TPSA) is 487 Å². The van der Waals surface area contributed by atoms with Gasteiger partial charge >= 0.3 is 0 Å². The van der Waals surface area contributed by atoms with Crippen LogP contribution >= 0.6 is 11.8 Å². The molecule has 1 aliphatic heterocycles. The molecule has 5 saturated carbocycles. The molecule has 14 N–H and O–H groups in total. The molecule has 2 bridgehead atoms. The van der Waals surface area contributed by atoms with Gasteiger partial charge in [0.1, 0.15) is 73.9 Å². The highest BCUT2D eigenvalue weighted by atomic mass is 32.2. The highest BCUT2D eigenvalue weighted by Gasteiger charge is 2.37. The number of carbonyl (C=O) groups is 6. The van der Waals surface area contributed by atoms with E-state index in [1.54, 1.807) is 121 Å². The van der Waals surface area contributed by atoms with Crippen LogP contribution in [0, 0.1) is 29.3 Å². The van der Waals surface area contributed by atoms with E-state index in [4.69, 9.17) is 9.15 Å². The predicted octanol–water partition coefficient (Wildman–Crippen LogP) is 17.7. The van der Waals surface area contributed by atoms with Crippen molar-refractivity contribution >= 4 is 113 Å². The van der Waals surface area contributed by atoms with E-state index >= 15 is 0 Å². The number of benzene rings is 6. The molecule has 5 aliphatic carbocycles. The van der Waals surface area contributed by atoms with Crippen LogP contribution in [0.4, 0.5) is 13.2 Å². The Morgan fingerprint density at radius 2 is 0.858 bits per heavy atom. The van der Waals surface area contributed by atoms with Crippen molar-refractivity contribution in [2.45, 2.75) is 133 Å². The fourth-order valence-corrected chi connectivity index (χ4v) is 18.9. The zero-order valence-electron chi connectivity index (χ0n) is 80.4. The Morgan fingerprint density at radius 3 is 1.26 bits per heavy atom. The van der Waals surface area contributed by atoms with Crippen LogP contribution in [-0.2, 0) is 11.3 Å². The maximum absolute atomic E-state index is 13.5. The van der Waals surface area contributed by atoms with Gasteiger partial charge in [-0.1, -0.05) is 140 Å². The first-order valence-corrected chi connectivity index (χ1v) is 50.5. The Labute approximate surface area is 849 Å². The molecular formula is C110H105F3N24O10S. The second-order valence-electron chi connectivity index (χ2n) is 36.8. The number of carbonyl (C=O) groups excluding carboxylic acids is 6. The molecule has 34 nitrogen and oxygen atoms in total. The van der Waals surface area contributed by atoms with Gasteiger partial charge in [0, 0.05) is 99.4 Å². The van der Waals surface area contributed by atoms with E-state index in [-0.39, 0.29) is 102 Å². The van der Waals surface area contributed by atoms with E-state index in [1.807, 2.05) is 109 Å². The zero-order chi connectivity index (χ0) is 102. The summed E-state index contributed by atoms with van der Waals surface area (Å²) in [6, 6.07) is 67.7. The molecule has 19 aromatic rings. The molecule has 1 saturated heterocycles. The number of aliphatic hydroxyl groups excluding tert-OH is 2. The number of fused-ring (bicyclic) bond motifs is 9. The predicted molar refractivity (Wildman–Crippen MR) is 556 cm³/mol. The number of ether oxygens (including phenoxy) is 1. The maximum Gasteiger partial charge on any atom is 0.270 e. The molecule has 3 atom stereocenters. The Balaban J connectivity index is 0.000000112. The number of nitrogens with zero attached hydrogens (tertiary/aromatic N) is 12. The van der Waals surface area contributed by atoms with Gasteiger partial charge in [-0.25, -0.2) is 43.1 Å². The monoisotopic (exact) mass is 2010 g/mol. The first-order valence-electron chi connectivity index (χ1n) is 49.1. The van der Waals surface area contributed by atoms with Gasteiger partial charge in [0.05, 0.1) is 88.0 Å². The van der Waals surface area contributed by atoms with E-state index in [9.17, 15) is 52.2 Å². The van der Waals surface area contributed by atoms with Gasteiger partial charge in [0.15, 0.2) is 16.9 Å². The molecule has 752 valence electrons. The lowest BCUT2D eigenvalue weighted by molar-refractivity contribution is 0.0808. The Bertz CT molecular complexity index is 7750. The van der Waals surface area contributed by atoms with Crippen molar-refractivity contribution in [1.82, 2.24) is 123 Å². The number of pyridine rings is 6. The molecule has 3 unspecified atom stereocenters. The summed E-state index contributed by atoms with van der Waals surface area (Å²) in [5.41, 5.74) is 16.9. The van der Waals surface area contributed by atoms with E-state index in [0.29, 0.717) is 136 Å². The van der Waals surface area contributed by atoms with Gasteiger partial charge in [-0.3, -0.25) is 59.4 Å². The van der Waals surface area contributed by atoms with Gasteiger partial charge in [-0.2, -0.15) is 42.4 Å². The molecule has 6 fully saturated rings. The molecule has 38 heteroatoms. The fraction of sp³-hybridized carbons (Fsp3) is 0.255. The number of thioether (sulfide) groups is 1. The molecule has 6 aromatic carbocycles. The fourth-order valence-electron chi connectivity index (χ4n) is 18.4. The number of hydrogen-bond acceptors (Lipinski definition) is 23. The lowest BCUT2D eigenvalue weighted by atomic mass is 9.68. The Kier molecular flexibility index (Phi) is 31.7. The summed E-state index contributed by atoms with van der Waals surface area (Å²) < 4.78 is 51.0. The average molecular weight is 2010 g/mol. The van der Waals surface area contributed by atoms with Crippen LogP contribution in [-0.4, -0.2) is 205 Å². The van der Waals surface area contributed by atoms with Crippen molar-refractivity contribution in [3.05, 3.63) is 312 Å². The first kappa shape index (κ1) is 99.9. The highest BCUT2D eigenvalue weighted by Crippen LogP contribution is 2.42. The second kappa shape index (κ2) is 46.9. The van der Waals surface area contributed by atoms with Crippen LogP contribution in [0.3, 0.4) is 0 Å². The Morgan fingerprint density at radius 1 is 0.432 bits per heavy atom. The van der Waals surface area contributed by atoms with E-state index in [1.165, 1.54) is 68.3 Å². The Hall–Kier alpha value is -16.8. The second-order valence-corrected chi connectivity index (χ2v) is 37.8. The molecule has 148 heavy (non-hydrogen) atoms. The van der Waals surface area contributed by atoms with Gasteiger partial charge in [0.2, 0.25) is 0 Å². The molecule has 13 aromatic heterocycles. The normalized spacial score (nSPS) is 16.7. The molecule has 0 radical (unpaired) electrons. The number of aliphatic hydroxyl groups is 2. The molecule has 0 spiro atoms. The number of amides is 6. The molecule has 6 aliphatic rings. The average Bonchev–Trinajstić information content (AvgIpc) is 1.72. The van der Waals surface area contributed by atoms with Crippen molar-refractivity contribution in [2.24, 2.45) is 11.8 Å². The summed E-state index contributed by atoms with van der Waals surface area (Å²) in [7, 11) is 0. The zero-order valence-corrected chi connectivity index (χ0v) is 81.2. The standard InChI is InChI=1S/C21H22N4O.C19H20N4O2.C18H17FN4O2.C18H13FN4O2.C18H20N4O2S.C16H13FN4O/c26-21(23-18-10-13-6-8-14(18)9-7-13)16-11-17-19(15-4-2-1-3-5-15)24-25-20(17)22-12-16;24-15-8-6-14(7-9-15)21-19(25)13-10-16-17(12-4-2-1-3-5-12)22-23-18(16)20-11-13;2*19-12-4-1-3-11(9-12)16-17-14(22-23-16)6-7-15(21-17)18(24)20-10-13-5-2-8-25-13;1-25-8-7-14(11-23)20-18(24)13-9-15-16(12-5-3-2-4-6-12)21-22-17(15)19-10-13;17-10-3-1-2-9(8-10)14-15-12(20-21-14)6-7-13(19-15)16(22)18-11-4-5-11/h1-5,11-14,18H,6-10H2,(H,23,26)(H,22,24,25);1-5,10-11,14-15,24H,6-9H2,(H,21,25)(H,20,22,23);1,3-4,6-7,9,13H,2,5,8,10H2,(H,20,24)(H,22,23);1-9H,10H2,(H,20,24)(H,22,23);2-6,9-10,14,23H,7-8,11H2,1H3,(H,20,24)(H,19,21,22);1-3,6-8,11H,4-5H2,(H,18,22)(H,20,21).